The molecule has 0 radical (unpaired) electrons. The monoisotopic (exact) mass is 462 g/mol. The van der Waals surface area contributed by atoms with E-state index in [0.29, 0.717) is 37.8 Å². The Morgan fingerprint density at radius 3 is 2.35 bits per heavy atom. The van der Waals surface area contributed by atoms with Crippen molar-refractivity contribution in [2.45, 2.75) is 24.2 Å². The van der Waals surface area contributed by atoms with Crippen molar-refractivity contribution in [3.8, 4) is 0 Å². The molecule has 0 aliphatic carbocycles. The Kier molecular flexibility index (Phi) is 6.96. The molecule has 166 valence electrons. The lowest BCUT2D eigenvalue weighted by Gasteiger charge is -2.32. The van der Waals surface area contributed by atoms with Gasteiger partial charge in [0.05, 0.1) is 18.2 Å². The first kappa shape index (κ1) is 22.3. The normalized spacial score (nSPS) is 18.8. The first-order valence-corrected chi connectivity index (χ1v) is 12.5. The highest BCUT2D eigenvalue weighted by molar-refractivity contribution is 7.89. The highest BCUT2D eigenvalue weighted by Gasteiger charge is 2.30. The van der Waals surface area contributed by atoms with Crippen molar-refractivity contribution in [1.29, 1.82) is 0 Å². The summed E-state index contributed by atoms with van der Waals surface area (Å²) >= 11 is 6.22. The number of piperidine rings is 1. The van der Waals surface area contributed by atoms with Crippen LogP contribution in [0.1, 0.15) is 28.8 Å². The summed E-state index contributed by atoms with van der Waals surface area (Å²) in [6.07, 6.45) is 2.89. The van der Waals surface area contributed by atoms with Gasteiger partial charge in [-0.2, -0.15) is 4.31 Å². The van der Waals surface area contributed by atoms with E-state index in [-0.39, 0.29) is 28.9 Å². The fourth-order valence-corrected chi connectivity index (χ4v) is 6.14. The number of hydrogen-bond donors (Lipinski definition) is 0. The van der Waals surface area contributed by atoms with E-state index in [0.717, 1.165) is 19.3 Å². The van der Waals surface area contributed by atoms with Gasteiger partial charge in [-0.25, -0.2) is 8.42 Å². The van der Waals surface area contributed by atoms with Crippen LogP contribution in [0.25, 0.3) is 0 Å². The average Bonchev–Trinajstić information content (AvgIpc) is 2.80. The van der Waals surface area contributed by atoms with E-state index in [1.807, 2.05) is 11.0 Å². The van der Waals surface area contributed by atoms with E-state index in [1.165, 1.54) is 22.0 Å². The van der Waals surface area contributed by atoms with Crippen molar-refractivity contribution in [2.75, 3.05) is 39.4 Å². The highest BCUT2D eigenvalue weighted by Crippen LogP contribution is 2.28. The Morgan fingerprint density at radius 1 is 1.00 bits per heavy atom. The minimum absolute atomic E-state index is 0.0131. The van der Waals surface area contributed by atoms with Gasteiger partial charge in [0.15, 0.2) is 0 Å². The van der Waals surface area contributed by atoms with Gasteiger partial charge in [-0.05, 0) is 48.9 Å². The number of nitrogens with zero attached hydrogens (tertiary/aromatic N) is 2. The molecule has 0 atom stereocenters. The molecular formula is C23H27ClN2O4S. The van der Waals surface area contributed by atoms with Gasteiger partial charge in [0.2, 0.25) is 10.0 Å². The zero-order chi connectivity index (χ0) is 21.8. The standard InChI is InChI=1S/C23H27ClN2O4S/c24-21-7-6-20(17-22(21)31(28,29)26-12-14-30-15-13-26)23(27)25-10-8-19(9-11-25)16-18-4-2-1-3-5-18/h1-7,17,19H,8-16H2. The van der Waals surface area contributed by atoms with Crippen LogP contribution in [0.3, 0.4) is 0 Å². The van der Waals surface area contributed by atoms with E-state index in [9.17, 15) is 13.2 Å². The molecule has 0 bridgehead atoms. The van der Waals surface area contributed by atoms with Crippen LogP contribution in [0.2, 0.25) is 5.02 Å². The number of benzene rings is 2. The summed E-state index contributed by atoms with van der Waals surface area (Å²) in [7, 11) is -3.77. The number of sulfonamides is 1. The molecule has 31 heavy (non-hydrogen) atoms. The molecule has 0 N–H and O–H groups in total. The minimum atomic E-state index is -3.77. The molecule has 2 fully saturated rings. The summed E-state index contributed by atoms with van der Waals surface area (Å²) in [5, 5.41) is 0.129. The molecule has 8 heteroatoms. The van der Waals surface area contributed by atoms with Crippen LogP contribution in [0.4, 0.5) is 0 Å². The molecule has 2 heterocycles. The minimum Gasteiger partial charge on any atom is -0.379 e. The largest absolute Gasteiger partial charge is 0.379 e. The number of rotatable bonds is 5. The molecule has 2 saturated heterocycles. The van der Waals surface area contributed by atoms with Gasteiger partial charge in [-0.1, -0.05) is 41.9 Å². The average molecular weight is 463 g/mol. The molecule has 0 saturated carbocycles. The van der Waals surface area contributed by atoms with Crippen molar-refractivity contribution >= 4 is 27.5 Å². The quantitative estimate of drug-likeness (QED) is 0.682. The van der Waals surface area contributed by atoms with Gasteiger partial charge in [0.1, 0.15) is 4.90 Å². The third-order valence-electron chi connectivity index (χ3n) is 6.03. The summed E-state index contributed by atoms with van der Waals surface area (Å²) in [6.45, 7) is 2.62. The third kappa shape index (κ3) is 5.12. The van der Waals surface area contributed by atoms with E-state index in [1.54, 1.807) is 6.07 Å². The van der Waals surface area contributed by atoms with Crippen LogP contribution < -0.4 is 0 Å². The van der Waals surface area contributed by atoms with Crippen molar-refractivity contribution in [1.82, 2.24) is 9.21 Å². The second-order valence-electron chi connectivity index (χ2n) is 8.09. The Bertz CT molecular complexity index is 1020. The number of hydrogen-bond acceptors (Lipinski definition) is 4. The lowest BCUT2D eigenvalue weighted by Crippen LogP contribution is -2.41. The maximum absolute atomic E-state index is 13.1. The lowest BCUT2D eigenvalue weighted by atomic mass is 9.90. The van der Waals surface area contributed by atoms with Gasteiger partial charge >= 0.3 is 0 Å². The summed E-state index contributed by atoms with van der Waals surface area (Å²) < 4.78 is 32.7. The number of carbonyl (C=O) groups excluding carboxylic acids is 1. The molecule has 0 unspecified atom stereocenters. The van der Waals surface area contributed by atoms with Gasteiger partial charge < -0.3 is 9.64 Å². The van der Waals surface area contributed by atoms with Crippen LogP contribution in [-0.4, -0.2) is 62.9 Å². The van der Waals surface area contributed by atoms with Crippen molar-refractivity contribution < 1.29 is 17.9 Å². The first-order valence-electron chi connectivity index (χ1n) is 10.7. The molecule has 6 nitrogen and oxygen atoms in total. The Hall–Kier alpha value is -1.93. The molecule has 1 amide bonds. The Morgan fingerprint density at radius 2 is 1.68 bits per heavy atom. The maximum atomic E-state index is 13.1. The van der Waals surface area contributed by atoms with Crippen molar-refractivity contribution in [2.24, 2.45) is 5.92 Å². The number of halogens is 1. The zero-order valence-electron chi connectivity index (χ0n) is 17.4. The predicted molar refractivity (Wildman–Crippen MR) is 120 cm³/mol. The fraction of sp³-hybridized carbons (Fsp3) is 0.435. The summed E-state index contributed by atoms with van der Waals surface area (Å²) in [5.74, 6) is 0.405. The lowest BCUT2D eigenvalue weighted by molar-refractivity contribution is 0.0690. The molecule has 4 rings (SSSR count). The zero-order valence-corrected chi connectivity index (χ0v) is 18.9. The first-order chi connectivity index (χ1) is 14.9. The van der Waals surface area contributed by atoms with E-state index < -0.39 is 10.0 Å². The summed E-state index contributed by atoms with van der Waals surface area (Å²) in [5.41, 5.74) is 1.68. The smallest absolute Gasteiger partial charge is 0.253 e. The van der Waals surface area contributed by atoms with Crippen LogP contribution in [-0.2, 0) is 21.2 Å². The second-order valence-corrected chi connectivity index (χ2v) is 10.4. The van der Waals surface area contributed by atoms with Gasteiger partial charge in [0, 0.05) is 31.7 Å². The molecule has 0 aromatic heterocycles. The van der Waals surface area contributed by atoms with Crippen molar-refractivity contribution in [3.63, 3.8) is 0 Å². The van der Waals surface area contributed by atoms with Crippen LogP contribution in [0, 0.1) is 5.92 Å². The fourth-order valence-electron chi connectivity index (χ4n) is 4.23. The molecule has 2 aliphatic heterocycles. The van der Waals surface area contributed by atoms with E-state index in [2.05, 4.69) is 24.3 Å². The number of carbonyl (C=O) groups is 1. The molecule has 2 aromatic rings. The second kappa shape index (κ2) is 9.69. The number of ether oxygens (including phenoxy) is 1. The van der Waals surface area contributed by atoms with Gasteiger partial charge in [-0.3, -0.25) is 4.79 Å². The van der Waals surface area contributed by atoms with E-state index in [4.69, 9.17) is 16.3 Å². The third-order valence-corrected chi connectivity index (χ3v) is 8.42. The number of morpholine rings is 1. The van der Waals surface area contributed by atoms with Crippen LogP contribution in [0.15, 0.2) is 53.4 Å². The molecular weight excluding hydrogens is 436 g/mol. The molecule has 2 aromatic carbocycles. The van der Waals surface area contributed by atoms with Crippen LogP contribution >= 0.6 is 11.6 Å². The van der Waals surface area contributed by atoms with Crippen molar-refractivity contribution in [3.05, 3.63) is 64.7 Å². The number of likely N-dealkylation sites (tertiary alicyclic amines) is 1. The van der Waals surface area contributed by atoms with Gasteiger partial charge in [0.25, 0.3) is 5.91 Å². The topological polar surface area (TPSA) is 66.9 Å². The molecule has 0 spiro atoms. The number of amides is 1. The van der Waals surface area contributed by atoms with E-state index >= 15 is 0 Å². The predicted octanol–water partition coefficient (Wildman–Crippen LogP) is 3.46. The highest BCUT2D eigenvalue weighted by atomic mass is 35.5. The van der Waals surface area contributed by atoms with Gasteiger partial charge in [-0.15, -0.1) is 0 Å². The summed E-state index contributed by atoms with van der Waals surface area (Å²) in [4.78, 5) is 14.9. The Balaban J connectivity index is 1.44. The van der Waals surface area contributed by atoms with Crippen LogP contribution in [0.5, 0.6) is 0 Å². The maximum Gasteiger partial charge on any atom is 0.253 e. The Labute approximate surface area is 188 Å². The molecule has 2 aliphatic rings. The summed E-state index contributed by atoms with van der Waals surface area (Å²) in [6, 6.07) is 14.9. The SMILES string of the molecule is O=C(c1ccc(Cl)c(S(=O)(=O)N2CCOCC2)c1)N1CCC(Cc2ccccc2)CC1.